The molecule has 1 aromatic heterocycles. The van der Waals surface area contributed by atoms with E-state index in [1.807, 2.05) is 50.3 Å². The van der Waals surface area contributed by atoms with Crippen molar-refractivity contribution in [3.05, 3.63) is 75.8 Å². The SMILES string of the molecule is Cc1cc(C)c(/N=C2\NC(=O)/C(=C/c3ccc4ncccc4c3)S2)c(C)c1. The number of aryl methyl sites for hydroxylation is 3. The quantitative estimate of drug-likeness (QED) is 0.640. The molecule has 27 heavy (non-hydrogen) atoms. The number of benzene rings is 2. The lowest BCUT2D eigenvalue weighted by atomic mass is 10.1. The molecule has 0 bridgehead atoms. The molecule has 134 valence electrons. The van der Waals surface area contributed by atoms with Crippen molar-refractivity contribution >= 4 is 45.5 Å². The topological polar surface area (TPSA) is 54.4 Å². The standard InChI is InChI=1S/C22H19N3OS/c1-13-9-14(2)20(15(3)10-13)24-22-25-21(26)19(27-22)12-16-6-7-18-17(11-16)5-4-8-23-18/h4-12H,1-3H3,(H,24,25,26)/b19-12-. The number of hydrogen-bond donors (Lipinski definition) is 1. The van der Waals surface area contributed by atoms with Gasteiger partial charge in [0.15, 0.2) is 5.17 Å². The summed E-state index contributed by atoms with van der Waals surface area (Å²) >= 11 is 1.37. The number of hydrogen-bond acceptors (Lipinski definition) is 4. The van der Waals surface area contributed by atoms with Crippen LogP contribution < -0.4 is 5.32 Å². The number of rotatable bonds is 2. The van der Waals surface area contributed by atoms with Crippen LogP contribution >= 0.6 is 11.8 Å². The van der Waals surface area contributed by atoms with E-state index in [0.717, 1.165) is 33.3 Å². The third kappa shape index (κ3) is 3.64. The summed E-state index contributed by atoms with van der Waals surface area (Å²) in [6.07, 6.45) is 3.67. The minimum absolute atomic E-state index is 0.118. The number of aliphatic imine (C=N–C) groups is 1. The van der Waals surface area contributed by atoms with Crippen molar-refractivity contribution in [2.24, 2.45) is 4.99 Å². The van der Waals surface area contributed by atoms with Crippen LogP contribution in [0.5, 0.6) is 0 Å². The summed E-state index contributed by atoms with van der Waals surface area (Å²) in [6, 6.07) is 14.1. The smallest absolute Gasteiger partial charge is 0.264 e. The Morgan fingerprint density at radius 2 is 1.85 bits per heavy atom. The fourth-order valence-corrected chi connectivity index (χ4v) is 4.09. The number of carbonyl (C=O) groups is 1. The second-order valence-corrected chi connectivity index (χ2v) is 7.72. The largest absolute Gasteiger partial charge is 0.300 e. The van der Waals surface area contributed by atoms with Crippen LogP contribution in [0.25, 0.3) is 17.0 Å². The van der Waals surface area contributed by atoms with Crippen molar-refractivity contribution in [2.75, 3.05) is 0 Å². The number of amides is 1. The van der Waals surface area contributed by atoms with E-state index in [0.29, 0.717) is 10.1 Å². The second kappa shape index (κ2) is 7.00. The molecule has 1 fully saturated rings. The molecule has 0 atom stereocenters. The number of pyridine rings is 1. The van der Waals surface area contributed by atoms with Crippen LogP contribution in [-0.2, 0) is 4.79 Å². The van der Waals surface area contributed by atoms with Crippen LogP contribution in [0.2, 0.25) is 0 Å². The normalized spacial score (nSPS) is 17.1. The fraction of sp³-hybridized carbons (Fsp3) is 0.136. The monoisotopic (exact) mass is 373 g/mol. The van der Waals surface area contributed by atoms with Crippen LogP contribution in [0.4, 0.5) is 5.69 Å². The van der Waals surface area contributed by atoms with Gasteiger partial charge in [-0.15, -0.1) is 0 Å². The summed E-state index contributed by atoms with van der Waals surface area (Å²) in [7, 11) is 0. The Kier molecular flexibility index (Phi) is 4.54. The average molecular weight is 373 g/mol. The first-order valence-electron chi connectivity index (χ1n) is 8.72. The van der Waals surface area contributed by atoms with Gasteiger partial charge in [-0.1, -0.05) is 29.8 Å². The number of amidine groups is 1. The van der Waals surface area contributed by atoms with Crippen molar-refractivity contribution in [3.63, 3.8) is 0 Å². The van der Waals surface area contributed by atoms with E-state index in [-0.39, 0.29) is 5.91 Å². The van der Waals surface area contributed by atoms with Gasteiger partial charge in [0.25, 0.3) is 5.91 Å². The molecule has 2 aromatic carbocycles. The molecule has 4 rings (SSSR count). The Bertz CT molecular complexity index is 1110. The van der Waals surface area contributed by atoms with Gasteiger partial charge in [0.1, 0.15) is 0 Å². The molecule has 2 heterocycles. The lowest BCUT2D eigenvalue weighted by molar-refractivity contribution is -0.115. The van der Waals surface area contributed by atoms with Gasteiger partial charge >= 0.3 is 0 Å². The van der Waals surface area contributed by atoms with Crippen molar-refractivity contribution in [2.45, 2.75) is 20.8 Å². The van der Waals surface area contributed by atoms with E-state index in [1.54, 1.807) is 6.20 Å². The van der Waals surface area contributed by atoms with Gasteiger partial charge in [0.05, 0.1) is 16.1 Å². The number of carbonyl (C=O) groups excluding carboxylic acids is 1. The molecule has 4 nitrogen and oxygen atoms in total. The molecule has 1 amide bonds. The van der Waals surface area contributed by atoms with Gasteiger partial charge in [0.2, 0.25) is 0 Å². The van der Waals surface area contributed by atoms with Crippen molar-refractivity contribution < 1.29 is 4.79 Å². The van der Waals surface area contributed by atoms with Gasteiger partial charge in [-0.2, -0.15) is 0 Å². The number of fused-ring (bicyclic) bond motifs is 1. The zero-order valence-corrected chi connectivity index (χ0v) is 16.2. The first kappa shape index (κ1) is 17.5. The van der Waals surface area contributed by atoms with Crippen LogP contribution in [0, 0.1) is 20.8 Å². The maximum absolute atomic E-state index is 12.4. The number of nitrogens with one attached hydrogen (secondary N) is 1. The highest BCUT2D eigenvalue weighted by molar-refractivity contribution is 8.18. The van der Waals surface area contributed by atoms with Gasteiger partial charge in [-0.05, 0) is 73.5 Å². The zero-order chi connectivity index (χ0) is 19.0. The van der Waals surface area contributed by atoms with E-state index < -0.39 is 0 Å². The van der Waals surface area contributed by atoms with Crippen LogP contribution in [0.15, 0.2) is 58.6 Å². The maximum atomic E-state index is 12.4. The highest BCUT2D eigenvalue weighted by atomic mass is 32.2. The summed E-state index contributed by atoms with van der Waals surface area (Å²) in [5, 5.41) is 4.54. The van der Waals surface area contributed by atoms with Crippen LogP contribution in [0.1, 0.15) is 22.3 Å². The lowest BCUT2D eigenvalue weighted by Crippen LogP contribution is -2.19. The summed E-state index contributed by atoms with van der Waals surface area (Å²) in [5.41, 5.74) is 6.25. The van der Waals surface area contributed by atoms with Crippen molar-refractivity contribution in [1.29, 1.82) is 0 Å². The predicted octanol–water partition coefficient (Wildman–Crippen LogP) is 5.05. The molecule has 0 unspecified atom stereocenters. The Balaban J connectivity index is 1.64. The molecule has 3 aromatic rings. The highest BCUT2D eigenvalue weighted by Crippen LogP contribution is 2.31. The van der Waals surface area contributed by atoms with Gasteiger partial charge < -0.3 is 5.32 Å². The minimum Gasteiger partial charge on any atom is -0.300 e. The molecule has 0 aliphatic carbocycles. The molecule has 1 aliphatic heterocycles. The Morgan fingerprint density at radius 1 is 1.07 bits per heavy atom. The fourth-order valence-electron chi connectivity index (χ4n) is 3.27. The first-order chi connectivity index (χ1) is 13.0. The molecule has 5 heteroatoms. The van der Waals surface area contributed by atoms with E-state index in [1.165, 1.54) is 17.3 Å². The van der Waals surface area contributed by atoms with Gasteiger partial charge in [-0.25, -0.2) is 4.99 Å². The zero-order valence-electron chi connectivity index (χ0n) is 15.4. The third-order valence-electron chi connectivity index (χ3n) is 4.42. The minimum atomic E-state index is -0.118. The van der Waals surface area contributed by atoms with E-state index in [4.69, 9.17) is 0 Å². The molecule has 1 saturated heterocycles. The van der Waals surface area contributed by atoms with Crippen molar-refractivity contribution in [3.8, 4) is 0 Å². The molecular formula is C22H19N3OS. The number of thioether (sulfide) groups is 1. The molecule has 1 aliphatic rings. The Labute approximate surface area is 162 Å². The maximum Gasteiger partial charge on any atom is 0.264 e. The average Bonchev–Trinajstić information content (AvgIpc) is 2.97. The van der Waals surface area contributed by atoms with E-state index in [2.05, 4.69) is 34.3 Å². The van der Waals surface area contributed by atoms with Crippen molar-refractivity contribution in [1.82, 2.24) is 10.3 Å². The number of nitrogens with zero attached hydrogens (tertiary/aromatic N) is 2. The predicted molar refractivity (Wildman–Crippen MR) is 113 cm³/mol. The second-order valence-electron chi connectivity index (χ2n) is 6.68. The Morgan fingerprint density at radius 3 is 2.63 bits per heavy atom. The highest BCUT2D eigenvalue weighted by Gasteiger charge is 2.24. The van der Waals surface area contributed by atoms with Gasteiger partial charge in [-0.3, -0.25) is 9.78 Å². The summed E-state index contributed by atoms with van der Waals surface area (Å²) < 4.78 is 0. The van der Waals surface area contributed by atoms with E-state index in [9.17, 15) is 4.79 Å². The van der Waals surface area contributed by atoms with E-state index >= 15 is 0 Å². The third-order valence-corrected chi connectivity index (χ3v) is 5.33. The molecule has 0 spiro atoms. The molecule has 0 radical (unpaired) electrons. The molecule has 1 N–H and O–H groups in total. The molecular weight excluding hydrogens is 354 g/mol. The molecule has 0 saturated carbocycles. The van der Waals surface area contributed by atoms with Crippen LogP contribution in [-0.4, -0.2) is 16.1 Å². The summed E-state index contributed by atoms with van der Waals surface area (Å²) in [4.78, 5) is 22.0. The first-order valence-corrected chi connectivity index (χ1v) is 9.53. The number of aromatic nitrogens is 1. The van der Waals surface area contributed by atoms with Gasteiger partial charge in [0, 0.05) is 11.6 Å². The summed E-state index contributed by atoms with van der Waals surface area (Å²) in [6.45, 7) is 6.16. The summed E-state index contributed by atoms with van der Waals surface area (Å²) in [5.74, 6) is -0.118. The lowest BCUT2D eigenvalue weighted by Gasteiger charge is -2.07. The van der Waals surface area contributed by atoms with Crippen LogP contribution in [0.3, 0.4) is 0 Å². The Hall–Kier alpha value is -2.92.